The van der Waals surface area contributed by atoms with Crippen LogP contribution in [0.15, 0.2) is 52.9 Å². The Morgan fingerprint density at radius 1 is 1.25 bits per heavy atom. The molecule has 0 radical (unpaired) electrons. The predicted molar refractivity (Wildman–Crippen MR) is 79.1 cm³/mol. The second kappa shape index (κ2) is 4.89. The molecule has 2 aromatic rings. The molecule has 1 aliphatic rings. The summed E-state index contributed by atoms with van der Waals surface area (Å²) in [5, 5.41) is 3.20. The number of carbonyl (C=O) groups excluding carboxylic acids is 1. The molecule has 0 saturated heterocycles. The van der Waals surface area contributed by atoms with Crippen molar-refractivity contribution in [3.05, 3.63) is 54.1 Å². The van der Waals surface area contributed by atoms with E-state index in [9.17, 15) is 4.79 Å². The smallest absolute Gasteiger partial charge is 0.203 e. The molecule has 102 valence electrons. The number of benzene rings is 1. The first kappa shape index (κ1) is 12.5. The summed E-state index contributed by atoms with van der Waals surface area (Å²) in [6.07, 6.45) is 4.19. The molecule has 2 heterocycles. The van der Waals surface area contributed by atoms with Gasteiger partial charge in [0.05, 0.1) is 23.3 Å². The summed E-state index contributed by atoms with van der Waals surface area (Å²) >= 11 is 0. The monoisotopic (exact) mass is 268 g/mol. The summed E-state index contributed by atoms with van der Waals surface area (Å²) in [7, 11) is 0. The van der Waals surface area contributed by atoms with Crippen LogP contribution in [-0.2, 0) is 4.79 Å². The maximum atomic E-state index is 11.2. The zero-order valence-corrected chi connectivity index (χ0v) is 11.5. The molecule has 4 heteroatoms. The van der Waals surface area contributed by atoms with E-state index in [-0.39, 0.29) is 0 Å². The average molecular weight is 268 g/mol. The lowest BCUT2D eigenvalue weighted by Crippen LogP contribution is -2.20. The number of carbonyl (C=O) groups is 1. The minimum atomic E-state index is 0.363. The van der Waals surface area contributed by atoms with Crippen LogP contribution in [0.25, 0.3) is 0 Å². The lowest BCUT2D eigenvalue weighted by Gasteiger charge is -2.29. The Kier molecular flexibility index (Phi) is 3.06. The summed E-state index contributed by atoms with van der Waals surface area (Å²) in [6, 6.07) is 9.80. The van der Waals surface area contributed by atoms with E-state index in [0.29, 0.717) is 17.5 Å². The third-order valence-electron chi connectivity index (χ3n) is 3.36. The van der Waals surface area contributed by atoms with Crippen molar-refractivity contribution in [3.63, 3.8) is 0 Å². The Labute approximate surface area is 117 Å². The van der Waals surface area contributed by atoms with Crippen LogP contribution in [0.1, 0.15) is 25.3 Å². The van der Waals surface area contributed by atoms with Crippen molar-refractivity contribution in [2.24, 2.45) is 0 Å². The number of rotatable bonds is 3. The first-order valence-electron chi connectivity index (χ1n) is 6.60. The number of anilines is 3. The average Bonchev–Trinajstić information content (AvgIpc) is 2.99. The van der Waals surface area contributed by atoms with E-state index in [1.54, 1.807) is 12.5 Å². The highest BCUT2D eigenvalue weighted by Crippen LogP contribution is 2.41. The first-order chi connectivity index (χ1) is 9.70. The molecule has 3 rings (SSSR count). The van der Waals surface area contributed by atoms with Crippen LogP contribution in [0.4, 0.5) is 17.3 Å². The van der Waals surface area contributed by atoms with Gasteiger partial charge in [0.15, 0.2) is 6.29 Å². The number of allylic oxidation sites excluding steroid dienone is 1. The Bertz CT molecular complexity index is 657. The van der Waals surface area contributed by atoms with Crippen LogP contribution in [0.2, 0.25) is 0 Å². The molecular formula is C16H16N2O2. The highest BCUT2D eigenvalue weighted by molar-refractivity contribution is 5.91. The maximum Gasteiger partial charge on any atom is 0.203 e. The van der Waals surface area contributed by atoms with Gasteiger partial charge in [0.2, 0.25) is 5.88 Å². The Balaban J connectivity index is 2.17. The zero-order valence-electron chi connectivity index (χ0n) is 11.5. The number of fused-ring (bicyclic) bond motifs is 1. The van der Waals surface area contributed by atoms with Crippen molar-refractivity contribution in [1.29, 1.82) is 0 Å². The van der Waals surface area contributed by atoms with Crippen molar-refractivity contribution < 1.29 is 9.21 Å². The summed E-state index contributed by atoms with van der Waals surface area (Å²) in [5.41, 5.74) is 3.63. The fourth-order valence-corrected chi connectivity index (χ4v) is 2.41. The second-order valence-corrected chi connectivity index (χ2v) is 5.04. The molecule has 0 saturated carbocycles. The first-order valence-corrected chi connectivity index (χ1v) is 6.60. The van der Waals surface area contributed by atoms with Crippen molar-refractivity contribution >= 4 is 23.5 Å². The van der Waals surface area contributed by atoms with Gasteiger partial charge in [0.25, 0.3) is 0 Å². The van der Waals surface area contributed by atoms with Crippen LogP contribution in [-0.4, -0.2) is 6.29 Å². The van der Waals surface area contributed by atoms with E-state index < -0.39 is 0 Å². The van der Waals surface area contributed by atoms with Gasteiger partial charge >= 0.3 is 0 Å². The minimum absolute atomic E-state index is 0.363. The summed E-state index contributed by atoms with van der Waals surface area (Å²) in [6.45, 7) is 4.26. The largest absolute Gasteiger partial charge is 0.448 e. The molecule has 4 nitrogen and oxygen atoms in total. The molecule has 0 atom stereocenters. The SMILES string of the molecule is CC(C)c1cccc2c1NC(C=O)=CN2c1ccco1. The highest BCUT2D eigenvalue weighted by atomic mass is 16.3. The molecule has 0 amide bonds. The quantitative estimate of drug-likeness (QED) is 0.854. The van der Waals surface area contributed by atoms with Gasteiger partial charge in [0, 0.05) is 12.3 Å². The predicted octanol–water partition coefficient (Wildman–Crippen LogP) is 4.01. The molecule has 1 aliphatic heterocycles. The summed E-state index contributed by atoms with van der Waals surface area (Å²) in [5.74, 6) is 1.05. The van der Waals surface area contributed by atoms with Gasteiger partial charge in [-0.15, -0.1) is 0 Å². The van der Waals surface area contributed by atoms with Crippen molar-refractivity contribution in [1.82, 2.24) is 0 Å². The molecular weight excluding hydrogens is 252 g/mol. The molecule has 0 spiro atoms. The second-order valence-electron chi connectivity index (χ2n) is 5.04. The van der Waals surface area contributed by atoms with E-state index in [0.717, 1.165) is 17.7 Å². The molecule has 20 heavy (non-hydrogen) atoms. The maximum absolute atomic E-state index is 11.2. The lowest BCUT2D eigenvalue weighted by molar-refractivity contribution is -0.104. The van der Waals surface area contributed by atoms with Crippen LogP contribution >= 0.6 is 0 Å². The number of para-hydroxylation sites is 1. The minimum Gasteiger partial charge on any atom is -0.448 e. The Morgan fingerprint density at radius 2 is 2.10 bits per heavy atom. The van der Waals surface area contributed by atoms with Crippen LogP contribution < -0.4 is 10.2 Å². The molecule has 1 aromatic heterocycles. The van der Waals surface area contributed by atoms with Gasteiger partial charge < -0.3 is 9.73 Å². The number of furan rings is 1. The van der Waals surface area contributed by atoms with Gasteiger partial charge in [-0.3, -0.25) is 9.69 Å². The van der Waals surface area contributed by atoms with Crippen LogP contribution in [0.5, 0.6) is 0 Å². The fraction of sp³-hybridized carbons (Fsp3) is 0.188. The topological polar surface area (TPSA) is 45.5 Å². The van der Waals surface area contributed by atoms with E-state index in [2.05, 4.69) is 25.2 Å². The molecule has 1 N–H and O–H groups in total. The molecule has 0 fully saturated rings. The zero-order chi connectivity index (χ0) is 14.1. The number of nitrogens with zero attached hydrogens (tertiary/aromatic N) is 1. The molecule has 1 aromatic carbocycles. The lowest BCUT2D eigenvalue weighted by atomic mass is 9.98. The summed E-state index contributed by atoms with van der Waals surface area (Å²) < 4.78 is 5.46. The van der Waals surface area contributed by atoms with Gasteiger partial charge in [-0.1, -0.05) is 26.0 Å². The van der Waals surface area contributed by atoms with Crippen LogP contribution in [0, 0.1) is 0 Å². The van der Waals surface area contributed by atoms with Gasteiger partial charge in [0.1, 0.15) is 0 Å². The number of nitrogens with one attached hydrogen (secondary N) is 1. The number of hydrogen-bond donors (Lipinski definition) is 1. The Hall–Kier alpha value is -2.49. The number of aldehydes is 1. The molecule has 0 unspecified atom stereocenters. The van der Waals surface area contributed by atoms with Crippen molar-refractivity contribution in [3.8, 4) is 0 Å². The highest BCUT2D eigenvalue weighted by Gasteiger charge is 2.23. The normalized spacial score (nSPS) is 13.8. The van der Waals surface area contributed by atoms with Crippen LogP contribution in [0.3, 0.4) is 0 Å². The van der Waals surface area contributed by atoms with Gasteiger partial charge in [-0.2, -0.15) is 0 Å². The van der Waals surface area contributed by atoms with E-state index in [1.165, 1.54) is 5.56 Å². The Morgan fingerprint density at radius 3 is 2.75 bits per heavy atom. The molecule has 0 aliphatic carbocycles. The van der Waals surface area contributed by atoms with Gasteiger partial charge in [-0.25, -0.2) is 0 Å². The van der Waals surface area contributed by atoms with Gasteiger partial charge in [-0.05, 0) is 23.6 Å². The molecule has 0 bridgehead atoms. The fourth-order valence-electron chi connectivity index (χ4n) is 2.41. The third kappa shape index (κ3) is 1.99. The van der Waals surface area contributed by atoms with Crippen molar-refractivity contribution in [2.75, 3.05) is 10.2 Å². The summed E-state index contributed by atoms with van der Waals surface area (Å²) in [4.78, 5) is 13.1. The standard InChI is InChI=1S/C16H16N2O2/c1-11(2)13-5-3-6-14-16(13)17-12(10-19)9-18(14)15-7-4-8-20-15/h3-11,17H,1-2H3. The number of hydrogen-bond acceptors (Lipinski definition) is 4. The van der Waals surface area contributed by atoms with E-state index >= 15 is 0 Å². The van der Waals surface area contributed by atoms with E-state index in [1.807, 2.05) is 29.2 Å². The van der Waals surface area contributed by atoms with Crippen molar-refractivity contribution in [2.45, 2.75) is 19.8 Å². The van der Waals surface area contributed by atoms with E-state index in [4.69, 9.17) is 4.42 Å². The third-order valence-corrected chi connectivity index (χ3v) is 3.36.